The summed E-state index contributed by atoms with van der Waals surface area (Å²) in [6.07, 6.45) is 0. The summed E-state index contributed by atoms with van der Waals surface area (Å²) < 4.78 is 15.9. The molecule has 2 aromatic rings. The fourth-order valence-electron chi connectivity index (χ4n) is 2.19. The number of amides is 2. The maximum atomic E-state index is 12.1. The summed E-state index contributed by atoms with van der Waals surface area (Å²) in [6.45, 7) is 5.32. The average molecular weight is 332 g/mol. The highest BCUT2D eigenvalue weighted by Gasteiger charge is 2.12. The smallest absolute Gasteiger partial charge is 0.319 e. The number of nitrogens with one attached hydrogen (secondary N) is 2. The minimum Gasteiger partial charge on any atom is -0.464 e. The number of methoxy groups -OCH3 is 1. The van der Waals surface area contributed by atoms with Gasteiger partial charge in [0.2, 0.25) is 0 Å². The van der Waals surface area contributed by atoms with E-state index in [1.807, 2.05) is 50.2 Å². The lowest BCUT2D eigenvalue weighted by atomic mass is 10.2. The van der Waals surface area contributed by atoms with E-state index in [2.05, 4.69) is 10.6 Å². The molecule has 24 heavy (non-hydrogen) atoms. The van der Waals surface area contributed by atoms with Crippen LogP contribution in [0.15, 0.2) is 40.8 Å². The average Bonchev–Trinajstić information content (AvgIpc) is 2.98. The van der Waals surface area contributed by atoms with Gasteiger partial charge in [0.1, 0.15) is 11.5 Å². The van der Waals surface area contributed by atoms with E-state index in [1.54, 1.807) is 7.11 Å². The van der Waals surface area contributed by atoms with Gasteiger partial charge in [-0.2, -0.15) is 0 Å². The number of ether oxygens (including phenoxy) is 2. The van der Waals surface area contributed by atoms with E-state index in [-0.39, 0.29) is 12.1 Å². The third-order valence-electron chi connectivity index (χ3n) is 3.42. The number of carbonyl (C=O) groups excluding carboxylic acids is 1. The van der Waals surface area contributed by atoms with Crippen LogP contribution in [0.2, 0.25) is 0 Å². The van der Waals surface area contributed by atoms with Crippen LogP contribution in [0.4, 0.5) is 10.5 Å². The second kappa shape index (κ2) is 9.10. The minimum absolute atomic E-state index is 0.209. The standard InChI is InChI=1S/C18H24N2O4/c1-13-7-8-17(24-13)14(2)19-18(21)20-16-6-4-5-15(11-16)12-23-10-9-22-3/h4-8,11,14H,9-10,12H2,1-3H3,(H2,19,20,21)/t14-/m0/s1. The van der Waals surface area contributed by atoms with Crippen molar-refractivity contribution in [2.24, 2.45) is 0 Å². The van der Waals surface area contributed by atoms with E-state index in [9.17, 15) is 4.79 Å². The van der Waals surface area contributed by atoms with Crippen LogP contribution in [0.5, 0.6) is 0 Å². The van der Waals surface area contributed by atoms with Gasteiger partial charge in [0.25, 0.3) is 0 Å². The van der Waals surface area contributed by atoms with Crippen molar-refractivity contribution in [1.82, 2.24) is 5.32 Å². The molecule has 0 fully saturated rings. The molecule has 0 saturated carbocycles. The SMILES string of the molecule is COCCOCc1cccc(NC(=O)N[C@@H](C)c2ccc(C)o2)c1. The van der Waals surface area contributed by atoms with Crippen LogP contribution >= 0.6 is 0 Å². The molecule has 6 nitrogen and oxygen atoms in total. The maximum absolute atomic E-state index is 12.1. The summed E-state index contributed by atoms with van der Waals surface area (Å²) in [5.41, 5.74) is 1.70. The Bertz CT molecular complexity index is 654. The lowest BCUT2D eigenvalue weighted by Gasteiger charge is -2.13. The summed E-state index contributed by atoms with van der Waals surface area (Å²) >= 11 is 0. The fraction of sp³-hybridized carbons (Fsp3) is 0.389. The van der Waals surface area contributed by atoms with Crippen molar-refractivity contribution in [3.63, 3.8) is 0 Å². The Morgan fingerprint density at radius 2 is 2.08 bits per heavy atom. The Morgan fingerprint density at radius 3 is 2.79 bits per heavy atom. The molecule has 2 N–H and O–H groups in total. The molecular formula is C18H24N2O4. The molecule has 0 bridgehead atoms. The van der Waals surface area contributed by atoms with Crippen LogP contribution in [-0.4, -0.2) is 26.4 Å². The summed E-state index contributed by atoms with van der Waals surface area (Å²) in [6, 6.07) is 10.8. The zero-order valence-corrected chi connectivity index (χ0v) is 14.3. The lowest BCUT2D eigenvalue weighted by molar-refractivity contribution is 0.0617. The normalized spacial score (nSPS) is 12.0. The summed E-state index contributed by atoms with van der Waals surface area (Å²) in [4.78, 5) is 12.1. The molecule has 0 unspecified atom stereocenters. The van der Waals surface area contributed by atoms with Gasteiger partial charge in [-0.15, -0.1) is 0 Å². The molecule has 6 heteroatoms. The molecule has 0 aliphatic heterocycles. The van der Waals surface area contributed by atoms with Crippen molar-refractivity contribution < 1.29 is 18.7 Å². The molecule has 2 rings (SSSR count). The molecule has 1 atom stereocenters. The number of rotatable bonds is 8. The first kappa shape index (κ1) is 18.0. The summed E-state index contributed by atoms with van der Waals surface area (Å²) in [7, 11) is 1.64. The Kier molecular flexibility index (Phi) is 6.84. The second-order valence-corrected chi connectivity index (χ2v) is 5.51. The van der Waals surface area contributed by atoms with E-state index < -0.39 is 0 Å². The van der Waals surface area contributed by atoms with Gasteiger partial charge in [-0.05, 0) is 43.7 Å². The van der Waals surface area contributed by atoms with Crippen molar-refractivity contribution in [2.45, 2.75) is 26.5 Å². The Balaban J connectivity index is 1.84. The number of furan rings is 1. The number of benzene rings is 1. The van der Waals surface area contributed by atoms with Gasteiger partial charge in [0, 0.05) is 12.8 Å². The quantitative estimate of drug-likeness (QED) is 0.724. The van der Waals surface area contributed by atoms with E-state index in [4.69, 9.17) is 13.9 Å². The number of carbonyl (C=O) groups is 1. The number of urea groups is 1. The van der Waals surface area contributed by atoms with Crippen LogP contribution in [0, 0.1) is 6.92 Å². The second-order valence-electron chi connectivity index (χ2n) is 5.51. The Labute approximate surface area is 142 Å². The predicted octanol–water partition coefficient (Wildman–Crippen LogP) is 3.63. The van der Waals surface area contributed by atoms with Crippen molar-refractivity contribution in [3.05, 3.63) is 53.5 Å². The highest BCUT2D eigenvalue weighted by molar-refractivity contribution is 5.89. The summed E-state index contributed by atoms with van der Waals surface area (Å²) in [5, 5.41) is 5.67. The van der Waals surface area contributed by atoms with Crippen LogP contribution in [0.3, 0.4) is 0 Å². The van der Waals surface area contributed by atoms with Gasteiger partial charge >= 0.3 is 6.03 Å². The lowest BCUT2D eigenvalue weighted by Crippen LogP contribution is -2.31. The van der Waals surface area contributed by atoms with Gasteiger partial charge in [-0.3, -0.25) is 0 Å². The molecular weight excluding hydrogens is 308 g/mol. The number of anilines is 1. The topological polar surface area (TPSA) is 72.7 Å². The minimum atomic E-state index is -0.283. The molecule has 1 aromatic heterocycles. The van der Waals surface area contributed by atoms with Crippen LogP contribution < -0.4 is 10.6 Å². The largest absolute Gasteiger partial charge is 0.464 e. The Hall–Kier alpha value is -2.31. The Morgan fingerprint density at radius 1 is 1.25 bits per heavy atom. The van der Waals surface area contributed by atoms with E-state index in [1.165, 1.54) is 0 Å². The molecule has 0 radical (unpaired) electrons. The monoisotopic (exact) mass is 332 g/mol. The van der Waals surface area contributed by atoms with Gasteiger partial charge in [0.05, 0.1) is 25.9 Å². The third-order valence-corrected chi connectivity index (χ3v) is 3.42. The highest BCUT2D eigenvalue weighted by Crippen LogP contribution is 2.16. The number of hydrogen-bond acceptors (Lipinski definition) is 4. The molecule has 0 saturated heterocycles. The van der Waals surface area contributed by atoms with E-state index in [0.717, 1.165) is 17.1 Å². The van der Waals surface area contributed by atoms with Crippen LogP contribution in [0.25, 0.3) is 0 Å². The van der Waals surface area contributed by atoms with Crippen molar-refractivity contribution in [2.75, 3.05) is 25.6 Å². The van der Waals surface area contributed by atoms with Crippen molar-refractivity contribution >= 4 is 11.7 Å². The molecule has 2 amide bonds. The third kappa shape index (κ3) is 5.72. The molecule has 0 aliphatic carbocycles. The van der Waals surface area contributed by atoms with Crippen molar-refractivity contribution in [3.8, 4) is 0 Å². The van der Waals surface area contributed by atoms with Gasteiger partial charge in [0.15, 0.2) is 0 Å². The first-order valence-corrected chi connectivity index (χ1v) is 7.88. The maximum Gasteiger partial charge on any atom is 0.319 e. The first-order chi connectivity index (χ1) is 11.6. The number of hydrogen-bond donors (Lipinski definition) is 2. The van der Waals surface area contributed by atoms with E-state index >= 15 is 0 Å². The van der Waals surface area contributed by atoms with Gasteiger partial charge in [-0.25, -0.2) is 4.79 Å². The van der Waals surface area contributed by atoms with Crippen LogP contribution in [0.1, 0.15) is 30.0 Å². The zero-order chi connectivity index (χ0) is 17.4. The zero-order valence-electron chi connectivity index (χ0n) is 14.3. The van der Waals surface area contributed by atoms with E-state index in [0.29, 0.717) is 25.5 Å². The fourth-order valence-corrected chi connectivity index (χ4v) is 2.19. The van der Waals surface area contributed by atoms with Crippen molar-refractivity contribution in [1.29, 1.82) is 0 Å². The van der Waals surface area contributed by atoms with Crippen LogP contribution in [-0.2, 0) is 16.1 Å². The molecule has 1 heterocycles. The predicted molar refractivity (Wildman–Crippen MR) is 92.0 cm³/mol. The summed E-state index contributed by atoms with van der Waals surface area (Å²) in [5.74, 6) is 1.54. The molecule has 0 aliphatic rings. The number of aryl methyl sites for hydroxylation is 1. The highest BCUT2D eigenvalue weighted by atomic mass is 16.5. The molecule has 0 spiro atoms. The first-order valence-electron chi connectivity index (χ1n) is 7.88. The van der Waals surface area contributed by atoms with Gasteiger partial charge in [-0.1, -0.05) is 12.1 Å². The molecule has 1 aromatic carbocycles. The van der Waals surface area contributed by atoms with Gasteiger partial charge < -0.3 is 24.5 Å². The molecule has 130 valence electrons.